The summed E-state index contributed by atoms with van der Waals surface area (Å²) in [6.45, 7) is 6.56. The molecule has 12 heteroatoms. The van der Waals surface area contributed by atoms with E-state index in [1.54, 1.807) is 25.7 Å². The van der Waals surface area contributed by atoms with Gasteiger partial charge < -0.3 is 10.2 Å². The van der Waals surface area contributed by atoms with Crippen LogP contribution in [-0.4, -0.2) is 57.2 Å². The third-order valence-corrected chi connectivity index (χ3v) is 8.39. The third-order valence-electron chi connectivity index (χ3n) is 6.32. The van der Waals surface area contributed by atoms with Gasteiger partial charge in [0, 0.05) is 35.6 Å². The number of hydrogen-bond acceptors (Lipinski definition) is 5. The molecule has 0 spiro atoms. The van der Waals surface area contributed by atoms with E-state index in [4.69, 9.17) is 0 Å². The van der Waals surface area contributed by atoms with Gasteiger partial charge in [-0.15, -0.1) is 0 Å². The van der Waals surface area contributed by atoms with Gasteiger partial charge in [-0.25, -0.2) is 13.1 Å². The molecule has 2 fully saturated rings. The average molecular weight is 568 g/mol. The summed E-state index contributed by atoms with van der Waals surface area (Å²) in [6.07, 6.45) is -3.97. The maximum absolute atomic E-state index is 13.4. The van der Waals surface area contributed by atoms with Crippen LogP contribution in [0.5, 0.6) is 0 Å². The molecule has 34 heavy (non-hydrogen) atoms. The Bertz CT molecular complexity index is 1060. The fourth-order valence-electron chi connectivity index (χ4n) is 4.63. The monoisotopic (exact) mass is 567 g/mol. The van der Waals surface area contributed by atoms with Crippen molar-refractivity contribution < 1.29 is 31.2 Å². The first kappa shape index (κ1) is 27.1. The lowest BCUT2D eigenvalue weighted by atomic mass is 9.70. The van der Waals surface area contributed by atoms with E-state index in [1.807, 2.05) is 0 Å². The summed E-state index contributed by atoms with van der Waals surface area (Å²) in [7, 11) is -4.45. The Labute approximate surface area is 206 Å². The minimum absolute atomic E-state index is 0.116. The molecule has 2 heterocycles. The van der Waals surface area contributed by atoms with Crippen LogP contribution in [0.15, 0.2) is 27.6 Å². The highest BCUT2D eigenvalue weighted by molar-refractivity contribution is 9.10. The fourth-order valence-corrected chi connectivity index (χ4v) is 6.50. The van der Waals surface area contributed by atoms with Gasteiger partial charge in [0.1, 0.15) is 5.41 Å². The molecule has 1 aromatic rings. The highest BCUT2D eigenvalue weighted by Crippen LogP contribution is 2.38. The first-order valence-electron chi connectivity index (χ1n) is 11.0. The molecule has 1 amide bonds. The van der Waals surface area contributed by atoms with Gasteiger partial charge in [-0.1, -0.05) is 36.7 Å². The number of carbonyl (C=O) groups excluding carboxylic acids is 2. The van der Waals surface area contributed by atoms with Crippen LogP contribution in [0.1, 0.15) is 45.6 Å². The summed E-state index contributed by atoms with van der Waals surface area (Å²) in [6, 6.07) is 2.27. The molecule has 2 N–H and O–H groups in total. The van der Waals surface area contributed by atoms with E-state index in [0.29, 0.717) is 13.0 Å². The van der Waals surface area contributed by atoms with Gasteiger partial charge in [0.05, 0.1) is 10.5 Å². The number of carbonyl (C=O) groups is 2. The molecular weight excluding hydrogens is 539 g/mol. The van der Waals surface area contributed by atoms with Crippen LogP contribution in [0.4, 0.5) is 13.2 Å². The van der Waals surface area contributed by atoms with Gasteiger partial charge in [0.15, 0.2) is 5.78 Å². The highest BCUT2D eigenvalue weighted by Gasteiger charge is 2.53. The number of nitrogens with zero attached hydrogens (tertiary/aromatic N) is 1. The van der Waals surface area contributed by atoms with Gasteiger partial charge in [-0.05, 0) is 44.0 Å². The maximum atomic E-state index is 13.4. The molecule has 3 rings (SSSR count). The first-order chi connectivity index (χ1) is 15.6. The van der Waals surface area contributed by atoms with E-state index < -0.39 is 43.5 Å². The predicted octanol–water partition coefficient (Wildman–Crippen LogP) is 3.33. The standard InChI is InChI=1S/C22H29BrF3N3O4S/c1-20(2,3)18(30)21(8-9-27-13-21)19(31)29-10-6-15(7-11-29)28-34(32,33)17-5-4-14(23)12-16(17)22(24,25)26/h4-5,12,15,27-28H,6-11,13H2,1-3H3/t21-/m0/s1. The number of sulfonamides is 1. The molecule has 2 aliphatic heterocycles. The van der Waals surface area contributed by atoms with Gasteiger partial charge in [0.25, 0.3) is 0 Å². The molecular formula is C22H29BrF3N3O4S. The summed E-state index contributed by atoms with van der Waals surface area (Å²) < 4.78 is 68.3. The minimum atomic E-state index is -4.84. The van der Waals surface area contributed by atoms with Crippen molar-refractivity contribution in [3.8, 4) is 0 Å². The van der Waals surface area contributed by atoms with Crippen LogP contribution in [0.25, 0.3) is 0 Å². The molecule has 1 atom stereocenters. The van der Waals surface area contributed by atoms with Crippen LogP contribution in [0.3, 0.4) is 0 Å². The Hall–Kier alpha value is -1.50. The number of nitrogens with one attached hydrogen (secondary N) is 2. The number of hydrogen-bond donors (Lipinski definition) is 2. The lowest BCUT2D eigenvalue weighted by Gasteiger charge is -2.39. The number of halogens is 4. The van der Waals surface area contributed by atoms with Gasteiger partial charge in [-0.2, -0.15) is 13.2 Å². The maximum Gasteiger partial charge on any atom is 0.417 e. The lowest BCUT2D eigenvalue weighted by Crippen LogP contribution is -2.56. The van der Waals surface area contributed by atoms with Crippen molar-refractivity contribution in [3.05, 3.63) is 28.2 Å². The molecule has 0 radical (unpaired) electrons. The molecule has 2 saturated heterocycles. The Balaban J connectivity index is 1.72. The van der Waals surface area contributed by atoms with E-state index in [1.165, 1.54) is 6.07 Å². The largest absolute Gasteiger partial charge is 0.417 e. The SMILES string of the molecule is CC(C)(C)C(=O)[C@]1(C(=O)N2CCC(NS(=O)(=O)c3ccc(Br)cc3C(F)(F)F)CC2)CCNC1. The lowest BCUT2D eigenvalue weighted by molar-refractivity contribution is -0.153. The Morgan fingerprint density at radius 1 is 1.18 bits per heavy atom. The Morgan fingerprint density at radius 3 is 2.29 bits per heavy atom. The number of rotatable bonds is 5. The Kier molecular flexibility index (Phi) is 7.58. The van der Waals surface area contributed by atoms with Crippen molar-refractivity contribution in [2.24, 2.45) is 10.8 Å². The van der Waals surface area contributed by atoms with Crippen molar-refractivity contribution in [3.63, 3.8) is 0 Å². The topological polar surface area (TPSA) is 95.6 Å². The second-order valence-electron chi connectivity index (χ2n) is 9.91. The minimum Gasteiger partial charge on any atom is -0.342 e. The zero-order valence-corrected chi connectivity index (χ0v) is 21.7. The first-order valence-corrected chi connectivity index (χ1v) is 13.3. The van der Waals surface area contributed by atoms with E-state index in [0.717, 1.165) is 12.1 Å². The van der Waals surface area contributed by atoms with E-state index >= 15 is 0 Å². The number of ketones is 1. The number of likely N-dealkylation sites (tertiary alicyclic amines) is 1. The average Bonchev–Trinajstić information content (AvgIpc) is 3.22. The molecule has 190 valence electrons. The molecule has 0 unspecified atom stereocenters. The van der Waals surface area contributed by atoms with Gasteiger partial charge in [-0.3, -0.25) is 9.59 Å². The van der Waals surface area contributed by atoms with Crippen LogP contribution >= 0.6 is 15.9 Å². The molecule has 2 aliphatic rings. The quantitative estimate of drug-likeness (QED) is 0.532. The smallest absolute Gasteiger partial charge is 0.342 e. The number of amides is 1. The van der Waals surface area contributed by atoms with E-state index in [2.05, 4.69) is 26.0 Å². The molecule has 0 aromatic heterocycles. The summed E-state index contributed by atoms with van der Waals surface area (Å²) in [4.78, 5) is 27.3. The fraction of sp³-hybridized carbons (Fsp3) is 0.636. The molecule has 7 nitrogen and oxygen atoms in total. The van der Waals surface area contributed by atoms with Crippen molar-refractivity contribution in [1.82, 2.24) is 14.9 Å². The number of Topliss-reactive ketones (excluding diaryl/α,β-unsaturated/α-hetero) is 1. The zero-order chi connectivity index (χ0) is 25.5. The normalized spacial score (nSPS) is 22.7. The molecule has 0 aliphatic carbocycles. The molecule has 1 aromatic carbocycles. The van der Waals surface area contributed by atoms with Gasteiger partial charge in [0.2, 0.25) is 15.9 Å². The van der Waals surface area contributed by atoms with Crippen LogP contribution in [0.2, 0.25) is 0 Å². The van der Waals surface area contributed by atoms with E-state index in [9.17, 15) is 31.2 Å². The van der Waals surface area contributed by atoms with Crippen molar-refractivity contribution in [2.45, 2.75) is 57.1 Å². The summed E-state index contributed by atoms with van der Waals surface area (Å²) in [5.41, 5.74) is -3.10. The van der Waals surface area contributed by atoms with Crippen LogP contribution < -0.4 is 10.0 Å². The number of benzene rings is 1. The molecule has 0 bridgehead atoms. The molecule has 0 saturated carbocycles. The Morgan fingerprint density at radius 2 is 1.79 bits per heavy atom. The van der Waals surface area contributed by atoms with Crippen molar-refractivity contribution in [1.29, 1.82) is 0 Å². The van der Waals surface area contributed by atoms with Crippen molar-refractivity contribution in [2.75, 3.05) is 26.2 Å². The second kappa shape index (κ2) is 9.51. The summed E-state index contributed by atoms with van der Waals surface area (Å²) in [5.74, 6) is -0.404. The van der Waals surface area contributed by atoms with E-state index in [-0.39, 0.29) is 48.6 Å². The second-order valence-corrected chi connectivity index (χ2v) is 12.5. The summed E-state index contributed by atoms with van der Waals surface area (Å²) in [5, 5.41) is 3.11. The van der Waals surface area contributed by atoms with Crippen molar-refractivity contribution >= 4 is 37.6 Å². The van der Waals surface area contributed by atoms with Gasteiger partial charge >= 0.3 is 6.18 Å². The number of alkyl halides is 3. The predicted molar refractivity (Wildman–Crippen MR) is 123 cm³/mol. The zero-order valence-electron chi connectivity index (χ0n) is 19.3. The highest BCUT2D eigenvalue weighted by atomic mass is 79.9. The van der Waals surface area contributed by atoms with Crippen LogP contribution in [-0.2, 0) is 25.8 Å². The third kappa shape index (κ3) is 5.50. The summed E-state index contributed by atoms with van der Waals surface area (Å²) >= 11 is 2.95. The van der Waals surface area contributed by atoms with Crippen LogP contribution in [0, 0.1) is 10.8 Å². The number of piperidine rings is 1.